The Balaban J connectivity index is 1.64. The summed E-state index contributed by atoms with van der Waals surface area (Å²) < 4.78 is 2.09. The predicted molar refractivity (Wildman–Crippen MR) is 118 cm³/mol. The molecule has 150 valence electrons. The van der Waals surface area contributed by atoms with Crippen LogP contribution in [0.2, 0.25) is 0 Å². The molecule has 0 radical (unpaired) electrons. The summed E-state index contributed by atoms with van der Waals surface area (Å²) in [6.07, 6.45) is 2.71. The van der Waals surface area contributed by atoms with Crippen molar-refractivity contribution in [3.8, 4) is 11.4 Å². The molecule has 4 rings (SSSR count). The van der Waals surface area contributed by atoms with Crippen LogP contribution in [0, 0.1) is 0 Å². The zero-order valence-electron chi connectivity index (χ0n) is 16.9. The summed E-state index contributed by atoms with van der Waals surface area (Å²) in [4.78, 5) is 33.4. The van der Waals surface area contributed by atoms with Gasteiger partial charge in [0, 0.05) is 35.1 Å². The summed E-state index contributed by atoms with van der Waals surface area (Å²) in [5.41, 5.74) is 4.32. The first kappa shape index (κ1) is 19.5. The Labute approximate surface area is 174 Å². The quantitative estimate of drug-likeness (QED) is 0.466. The van der Waals surface area contributed by atoms with Crippen LogP contribution in [0.25, 0.3) is 22.6 Å². The van der Waals surface area contributed by atoms with E-state index in [0.717, 1.165) is 35.5 Å². The number of amides is 1. The van der Waals surface area contributed by atoms with Gasteiger partial charge >= 0.3 is 0 Å². The summed E-state index contributed by atoms with van der Waals surface area (Å²) in [6, 6.07) is 18.1. The molecule has 6 heteroatoms. The van der Waals surface area contributed by atoms with Crippen molar-refractivity contribution in [2.24, 2.45) is 0 Å². The zero-order valence-corrected chi connectivity index (χ0v) is 16.9. The summed E-state index contributed by atoms with van der Waals surface area (Å²) in [5.74, 6) is 0.569. The number of ketones is 1. The number of pyridine rings is 1. The Bertz CT molecular complexity index is 1230. The van der Waals surface area contributed by atoms with Crippen molar-refractivity contribution >= 4 is 28.5 Å². The number of hydrogen-bond acceptors (Lipinski definition) is 4. The van der Waals surface area contributed by atoms with E-state index < -0.39 is 0 Å². The van der Waals surface area contributed by atoms with Crippen molar-refractivity contribution < 1.29 is 9.59 Å². The molecule has 0 fully saturated rings. The van der Waals surface area contributed by atoms with Gasteiger partial charge in [0.05, 0.1) is 0 Å². The number of carbonyl (C=O) groups is 2. The van der Waals surface area contributed by atoms with Crippen LogP contribution in [0.3, 0.4) is 0 Å². The van der Waals surface area contributed by atoms with E-state index in [1.807, 2.05) is 30.3 Å². The molecule has 6 nitrogen and oxygen atoms in total. The molecule has 2 aromatic carbocycles. The lowest BCUT2D eigenvalue weighted by Gasteiger charge is -2.09. The number of aryl methyl sites for hydroxylation is 1. The van der Waals surface area contributed by atoms with Gasteiger partial charge in [0.15, 0.2) is 11.4 Å². The first-order valence-corrected chi connectivity index (χ1v) is 9.91. The van der Waals surface area contributed by atoms with Crippen LogP contribution in [0.15, 0.2) is 66.9 Å². The third kappa shape index (κ3) is 3.85. The van der Waals surface area contributed by atoms with Crippen molar-refractivity contribution in [3.63, 3.8) is 0 Å². The summed E-state index contributed by atoms with van der Waals surface area (Å²) in [6.45, 7) is 4.42. The molecule has 0 aliphatic carbocycles. The maximum Gasteiger partial charge on any atom is 0.255 e. The van der Waals surface area contributed by atoms with Gasteiger partial charge in [-0.25, -0.2) is 9.97 Å². The Morgan fingerprint density at radius 2 is 1.80 bits per heavy atom. The molecule has 0 aliphatic rings. The van der Waals surface area contributed by atoms with Crippen LogP contribution < -0.4 is 5.32 Å². The zero-order chi connectivity index (χ0) is 21.1. The van der Waals surface area contributed by atoms with Crippen molar-refractivity contribution in [1.29, 1.82) is 0 Å². The second kappa shape index (κ2) is 8.29. The summed E-state index contributed by atoms with van der Waals surface area (Å²) >= 11 is 0. The molecule has 4 aromatic rings. The van der Waals surface area contributed by atoms with E-state index in [0.29, 0.717) is 16.8 Å². The molecule has 0 saturated heterocycles. The number of carbonyl (C=O) groups excluding carboxylic acids is 2. The predicted octanol–water partition coefficient (Wildman–Crippen LogP) is 4.96. The highest BCUT2D eigenvalue weighted by Crippen LogP contribution is 2.25. The third-order valence-electron chi connectivity index (χ3n) is 4.88. The lowest BCUT2D eigenvalue weighted by atomic mass is 10.1. The SMILES string of the molecule is CCCn1c(-c2cccc(C(=O)Nc3ccc(C(C)=O)cc3)c2)nc2cccnc21. The maximum atomic E-state index is 12.8. The number of anilines is 1. The third-order valence-corrected chi connectivity index (χ3v) is 4.88. The lowest BCUT2D eigenvalue weighted by molar-refractivity contribution is 0.101. The molecular weight excluding hydrogens is 376 g/mol. The van der Waals surface area contributed by atoms with Gasteiger partial charge < -0.3 is 9.88 Å². The fraction of sp³-hybridized carbons (Fsp3) is 0.167. The fourth-order valence-corrected chi connectivity index (χ4v) is 3.41. The van der Waals surface area contributed by atoms with Gasteiger partial charge in [-0.05, 0) is 61.9 Å². The van der Waals surface area contributed by atoms with Gasteiger partial charge in [0.2, 0.25) is 0 Å². The molecule has 0 atom stereocenters. The molecular formula is C24H22N4O2. The Morgan fingerprint density at radius 3 is 2.53 bits per heavy atom. The number of rotatable bonds is 6. The number of imidazole rings is 1. The smallest absolute Gasteiger partial charge is 0.255 e. The van der Waals surface area contributed by atoms with Crippen LogP contribution in [0.1, 0.15) is 41.0 Å². The van der Waals surface area contributed by atoms with Crippen molar-refractivity contribution in [2.45, 2.75) is 26.8 Å². The van der Waals surface area contributed by atoms with Crippen LogP contribution in [0.5, 0.6) is 0 Å². The monoisotopic (exact) mass is 398 g/mol. The van der Waals surface area contributed by atoms with E-state index in [2.05, 4.69) is 21.8 Å². The molecule has 0 unspecified atom stereocenters. The first-order chi connectivity index (χ1) is 14.6. The van der Waals surface area contributed by atoms with Crippen molar-refractivity contribution in [2.75, 3.05) is 5.32 Å². The van der Waals surface area contributed by atoms with Gasteiger partial charge in [-0.2, -0.15) is 0 Å². The van der Waals surface area contributed by atoms with Gasteiger partial charge in [-0.1, -0.05) is 19.1 Å². The Kier molecular flexibility index (Phi) is 5.39. The van der Waals surface area contributed by atoms with Crippen molar-refractivity contribution in [3.05, 3.63) is 78.0 Å². The molecule has 2 heterocycles. The molecule has 0 saturated carbocycles. The van der Waals surface area contributed by atoms with E-state index in [1.54, 1.807) is 36.5 Å². The minimum atomic E-state index is -0.219. The van der Waals surface area contributed by atoms with E-state index in [-0.39, 0.29) is 11.7 Å². The van der Waals surface area contributed by atoms with Gasteiger partial charge in [-0.15, -0.1) is 0 Å². The highest BCUT2D eigenvalue weighted by Gasteiger charge is 2.15. The lowest BCUT2D eigenvalue weighted by Crippen LogP contribution is -2.12. The van der Waals surface area contributed by atoms with Crippen LogP contribution >= 0.6 is 0 Å². The second-order valence-electron chi connectivity index (χ2n) is 7.10. The van der Waals surface area contributed by atoms with Crippen LogP contribution in [-0.4, -0.2) is 26.2 Å². The summed E-state index contributed by atoms with van der Waals surface area (Å²) in [5, 5.41) is 2.88. The molecule has 0 spiro atoms. The number of aromatic nitrogens is 3. The average Bonchev–Trinajstić information content (AvgIpc) is 3.13. The van der Waals surface area contributed by atoms with E-state index >= 15 is 0 Å². The number of fused-ring (bicyclic) bond motifs is 1. The maximum absolute atomic E-state index is 12.8. The fourth-order valence-electron chi connectivity index (χ4n) is 3.41. The molecule has 0 bridgehead atoms. The summed E-state index contributed by atoms with van der Waals surface area (Å²) in [7, 11) is 0. The average molecular weight is 398 g/mol. The number of benzene rings is 2. The number of Topliss-reactive ketones (excluding diaryl/α,β-unsaturated/α-hetero) is 1. The van der Waals surface area contributed by atoms with E-state index in [1.165, 1.54) is 6.92 Å². The van der Waals surface area contributed by atoms with Crippen molar-refractivity contribution in [1.82, 2.24) is 14.5 Å². The van der Waals surface area contributed by atoms with Gasteiger partial charge in [0.25, 0.3) is 5.91 Å². The van der Waals surface area contributed by atoms with E-state index in [4.69, 9.17) is 4.98 Å². The van der Waals surface area contributed by atoms with Crippen LogP contribution in [0.4, 0.5) is 5.69 Å². The topological polar surface area (TPSA) is 76.9 Å². The molecule has 1 amide bonds. The largest absolute Gasteiger partial charge is 0.322 e. The minimum absolute atomic E-state index is 0.00923. The van der Waals surface area contributed by atoms with Gasteiger partial charge in [-0.3, -0.25) is 9.59 Å². The molecule has 2 aromatic heterocycles. The van der Waals surface area contributed by atoms with Gasteiger partial charge in [0.1, 0.15) is 11.3 Å². The second-order valence-corrected chi connectivity index (χ2v) is 7.10. The minimum Gasteiger partial charge on any atom is -0.322 e. The molecule has 0 aliphatic heterocycles. The first-order valence-electron chi connectivity index (χ1n) is 9.91. The highest BCUT2D eigenvalue weighted by atomic mass is 16.1. The van der Waals surface area contributed by atoms with E-state index in [9.17, 15) is 9.59 Å². The number of nitrogens with one attached hydrogen (secondary N) is 1. The number of nitrogens with zero attached hydrogens (tertiary/aromatic N) is 3. The molecule has 30 heavy (non-hydrogen) atoms. The Morgan fingerprint density at radius 1 is 1.00 bits per heavy atom. The van der Waals surface area contributed by atoms with Crippen LogP contribution in [-0.2, 0) is 6.54 Å². The number of hydrogen-bond donors (Lipinski definition) is 1. The standard InChI is InChI=1S/C24H22N4O2/c1-3-14-28-22(27-21-8-5-13-25-23(21)28)18-6-4-7-19(15-18)24(30)26-20-11-9-17(10-12-20)16(2)29/h4-13,15H,3,14H2,1-2H3,(H,26,30). The molecule has 1 N–H and O–H groups in total. The normalized spacial score (nSPS) is 10.9. The highest BCUT2D eigenvalue weighted by molar-refractivity contribution is 6.05. The Hall–Kier alpha value is -3.80.